The van der Waals surface area contributed by atoms with Crippen LogP contribution in [-0.4, -0.2) is 8.07 Å². The van der Waals surface area contributed by atoms with Crippen molar-refractivity contribution < 1.29 is 51.0 Å². The number of hydrogen-bond donors (Lipinski definition) is 0. The molecule has 0 radical (unpaired) electrons. The average Bonchev–Trinajstić information content (AvgIpc) is 3.77. The third-order valence-corrected chi connectivity index (χ3v) is 14.6. The van der Waals surface area contributed by atoms with E-state index in [1.165, 1.54) is 87.6 Å². The number of benzene rings is 6. The van der Waals surface area contributed by atoms with Crippen LogP contribution in [0.1, 0.15) is 50.7 Å². The van der Waals surface area contributed by atoms with Crippen molar-refractivity contribution in [3.05, 3.63) is 169 Å². The van der Waals surface area contributed by atoms with Crippen LogP contribution in [0.3, 0.4) is 0 Å². The van der Waals surface area contributed by atoms with E-state index in [9.17, 15) is 0 Å². The molecule has 0 N–H and O–H groups in total. The second-order valence-corrected chi connectivity index (χ2v) is 19.6. The van der Waals surface area contributed by atoms with Gasteiger partial charge in [-0.15, -0.1) is 67.3 Å². The van der Waals surface area contributed by atoms with Crippen LogP contribution in [0, 0.1) is 0 Å². The monoisotopic (exact) mass is 834 g/mol. The molecule has 8 aromatic carbocycles. The van der Waals surface area contributed by atoms with E-state index >= 15 is 0 Å². The molecule has 0 aliphatic heterocycles. The van der Waals surface area contributed by atoms with Crippen LogP contribution >= 0.6 is 0 Å². The van der Waals surface area contributed by atoms with E-state index in [2.05, 4.69) is 199 Å². The van der Waals surface area contributed by atoms with Gasteiger partial charge in [-0.25, -0.2) is 0 Å². The molecular weight excluding hydrogens is 791 g/mol. The van der Waals surface area contributed by atoms with Crippen molar-refractivity contribution in [2.45, 2.75) is 52.6 Å². The third kappa shape index (κ3) is 7.44. The minimum Gasteiger partial charge on any atom is -1.00 e. The van der Waals surface area contributed by atoms with Gasteiger partial charge in [-0.2, -0.15) is 0 Å². The zero-order valence-electron chi connectivity index (χ0n) is 31.9. The van der Waals surface area contributed by atoms with Crippen molar-refractivity contribution >= 4 is 40.0 Å². The molecule has 0 heterocycles. The van der Waals surface area contributed by atoms with E-state index in [4.69, 9.17) is 0 Å². The summed E-state index contributed by atoms with van der Waals surface area (Å²) in [6.07, 6.45) is 0. The van der Waals surface area contributed by atoms with Gasteiger partial charge in [0.05, 0.1) is 0 Å². The Morgan fingerprint density at radius 2 is 0.759 bits per heavy atom. The smallest absolute Gasteiger partial charge is 1.00 e. The Kier molecular flexibility index (Phi) is 13.0. The quantitative estimate of drug-likeness (QED) is 0.113. The summed E-state index contributed by atoms with van der Waals surface area (Å²) in [7, 11) is -2.52. The molecule has 0 amide bonds. The van der Waals surface area contributed by atoms with Crippen LogP contribution in [0.15, 0.2) is 158 Å². The second kappa shape index (κ2) is 16.9. The van der Waals surface area contributed by atoms with Crippen molar-refractivity contribution in [2.75, 3.05) is 0 Å². The van der Waals surface area contributed by atoms with E-state index in [1.54, 1.807) is 0 Å². The summed E-state index contributed by atoms with van der Waals surface area (Å²) < 4.78 is 0. The van der Waals surface area contributed by atoms with Gasteiger partial charge in [0.1, 0.15) is 0 Å². The average molecular weight is 837 g/mol. The summed E-state index contributed by atoms with van der Waals surface area (Å²) >= 11 is 0. The SMILES string of the molecule is CC(C)c1ccc(-c2cccc3[cH-]c(-c4ccccc4)c([Si](C)(C)c4c(-c5ccccc5)[cH-]c5cccc(-c6ccc(C(C)C)cc6)c45)c23)cc1.[Cl-].[Cl-].[Zr+4]. The zero-order chi connectivity index (χ0) is 35.3. The van der Waals surface area contributed by atoms with Crippen LogP contribution in [-0.2, 0) is 26.2 Å². The molecule has 0 fully saturated rings. The number of hydrogen-bond acceptors (Lipinski definition) is 0. The van der Waals surface area contributed by atoms with Gasteiger partial charge in [0, 0.05) is 8.07 Å². The van der Waals surface area contributed by atoms with Crippen molar-refractivity contribution in [1.82, 2.24) is 0 Å². The summed E-state index contributed by atoms with van der Waals surface area (Å²) in [5, 5.41) is 8.46. The normalized spacial score (nSPS) is 11.4. The Bertz CT molecular complexity index is 2290. The summed E-state index contributed by atoms with van der Waals surface area (Å²) in [5.41, 5.74) is 13.2. The van der Waals surface area contributed by atoms with E-state index < -0.39 is 8.07 Å². The predicted molar refractivity (Wildman–Crippen MR) is 226 cm³/mol. The Morgan fingerprint density at radius 3 is 1.09 bits per heavy atom. The Hall–Kier alpha value is -3.78. The minimum atomic E-state index is -2.52. The Morgan fingerprint density at radius 1 is 0.407 bits per heavy atom. The van der Waals surface area contributed by atoms with Gasteiger partial charge in [0.2, 0.25) is 0 Å². The molecule has 0 spiro atoms. The predicted octanol–water partition coefficient (Wildman–Crippen LogP) is 7.17. The molecule has 0 nitrogen and oxygen atoms in total. The number of rotatable bonds is 8. The molecule has 4 heteroatoms. The van der Waals surface area contributed by atoms with Gasteiger partial charge >= 0.3 is 26.2 Å². The maximum Gasteiger partial charge on any atom is 4.00 e. The molecule has 8 aromatic rings. The summed E-state index contributed by atoms with van der Waals surface area (Å²) in [5.74, 6) is 0.997. The van der Waals surface area contributed by atoms with Gasteiger partial charge in [0.25, 0.3) is 0 Å². The van der Waals surface area contributed by atoms with Crippen LogP contribution in [0.2, 0.25) is 13.1 Å². The first kappa shape index (κ1) is 41.4. The van der Waals surface area contributed by atoms with Crippen LogP contribution in [0.5, 0.6) is 0 Å². The van der Waals surface area contributed by atoms with Crippen LogP contribution in [0.25, 0.3) is 66.1 Å². The maximum atomic E-state index is 2.60. The fraction of sp³-hybridized carbons (Fsp3) is 0.160. The molecule has 0 aliphatic rings. The molecule has 0 atom stereocenters. The topological polar surface area (TPSA) is 0 Å². The molecule has 0 aliphatic carbocycles. The van der Waals surface area contributed by atoms with Crippen LogP contribution < -0.4 is 35.2 Å². The summed E-state index contributed by atoms with van der Waals surface area (Å²) in [4.78, 5) is 0. The van der Waals surface area contributed by atoms with Crippen molar-refractivity contribution in [1.29, 1.82) is 0 Å². The van der Waals surface area contributed by atoms with E-state index in [0.717, 1.165) is 0 Å². The van der Waals surface area contributed by atoms with E-state index in [1.807, 2.05) is 0 Å². The zero-order valence-corrected chi connectivity index (χ0v) is 36.9. The van der Waals surface area contributed by atoms with Gasteiger partial charge < -0.3 is 24.8 Å². The molecule has 268 valence electrons. The first-order valence-electron chi connectivity index (χ1n) is 18.5. The van der Waals surface area contributed by atoms with Gasteiger partial charge in [-0.3, -0.25) is 0 Å². The van der Waals surface area contributed by atoms with E-state index in [-0.39, 0.29) is 51.0 Å². The van der Waals surface area contributed by atoms with Gasteiger partial charge in [-0.1, -0.05) is 197 Å². The fourth-order valence-corrected chi connectivity index (χ4v) is 12.2. The summed E-state index contributed by atoms with van der Waals surface area (Å²) in [6, 6.07) is 59.6. The van der Waals surface area contributed by atoms with Crippen molar-refractivity contribution in [3.8, 4) is 44.5 Å². The molecule has 0 bridgehead atoms. The minimum absolute atomic E-state index is 0. The largest absolute Gasteiger partial charge is 4.00 e. The molecular formula is C50H46Cl2SiZr. The maximum absolute atomic E-state index is 2.60. The molecule has 0 aromatic heterocycles. The van der Waals surface area contributed by atoms with Crippen molar-refractivity contribution in [3.63, 3.8) is 0 Å². The Balaban J connectivity index is 0.00000187. The number of halogens is 2. The third-order valence-electron chi connectivity index (χ3n) is 11.0. The van der Waals surface area contributed by atoms with Crippen molar-refractivity contribution in [2.24, 2.45) is 0 Å². The molecule has 0 saturated carbocycles. The molecule has 0 saturated heterocycles. The summed E-state index contributed by atoms with van der Waals surface area (Å²) in [6.45, 7) is 14.3. The number of fused-ring (bicyclic) bond motifs is 2. The standard InChI is InChI=1S/C50H46Si.2ClH.Zr/c1-33(2)35-23-27-39(28-24-35)43-21-13-19-41-31-45(37-15-9-7-10-16-37)49(47(41)43)51(5,6)50-46(38-17-11-8-12-18-38)32-42-20-14-22-44(48(42)50)40-29-25-36(26-30-40)34(3)4;;;/h7-34H,1-6H3;2*1H;/q-2;;;+4/p-2. The second-order valence-electron chi connectivity index (χ2n) is 15.3. The van der Waals surface area contributed by atoms with Gasteiger partial charge in [-0.05, 0) is 34.1 Å². The molecule has 0 unspecified atom stereocenters. The molecule has 8 rings (SSSR count). The first-order valence-corrected chi connectivity index (χ1v) is 21.5. The van der Waals surface area contributed by atoms with Crippen LogP contribution in [0.4, 0.5) is 0 Å². The van der Waals surface area contributed by atoms with E-state index in [0.29, 0.717) is 11.8 Å². The Labute approximate surface area is 354 Å². The first-order chi connectivity index (χ1) is 24.7. The fourth-order valence-electron chi connectivity index (χ4n) is 8.35. The van der Waals surface area contributed by atoms with Gasteiger partial charge in [0.15, 0.2) is 0 Å². The molecule has 54 heavy (non-hydrogen) atoms.